The summed E-state index contributed by atoms with van der Waals surface area (Å²) >= 11 is 2.15. The van der Waals surface area contributed by atoms with Crippen molar-refractivity contribution in [1.29, 1.82) is 0 Å². The summed E-state index contributed by atoms with van der Waals surface area (Å²) in [4.78, 5) is 31.7. The molecule has 0 aliphatic heterocycles. The van der Waals surface area contributed by atoms with Crippen LogP contribution < -0.4 is 0 Å². The first-order valence-electron chi connectivity index (χ1n) is 9.74. The minimum absolute atomic E-state index is 0.0331. The standard InChI is InChI=1S/C23H15F3N2O4S2/c1-11-27-17(21(29)30)19(33-11)13-8-6-12(7-9-13)10-16-28-18(22(31)32)20(34-16)14-4-2-3-5-15(14)23(24,25)26/h2-9H,10H2,1H3,(H,29,30)(H,31,32). The Bertz CT molecular complexity index is 1390. The Hall–Kier alpha value is -3.57. The maximum Gasteiger partial charge on any atom is 0.417 e. The summed E-state index contributed by atoms with van der Waals surface area (Å²) in [6.07, 6.45) is -4.44. The SMILES string of the molecule is Cc1nc(C(=O)O)c(-c2ccc(Cc3nc(C(=O)O)c(-c4ccccc4C(F)(F)F)s3)cc2)s1. The Morgan fingerprint density at radius 2 is 1.50 bits per heavy atom. The van der Waals surface area contributed by atoms with Crippen LogP contribution in [-0.2, 0) is 12.6 Å². The van der Waals surface area contributed by atoms with Gasteiger partial charge in [-0.15, -0.1) is 22.7 Å². The zero-order valence-corrected chi connectivity index (χ0v) is 19.0. The lowest BCUT2D eigenvalue weighted by molar-refractivity contribution is -0.137. The molecule has 0 saturated heterocycles. The largest absolute Gasteiger partial charge is 0.476 e. The molecule has 0 spiro atoms. The molecule has 11 heteroatoms. The molecule has 2 aromatic carbocycles. The molecule has 2 aromatic heterocycles. The third-order valence-corrected chi connectivity index (χ3v) is 6.97. The van der Waals surface area contributed by atoms with Gasteiger partial charge in [-0.2, -0.15) is 13.2 Å². The normalized spacial score (nSPS) is 11.5. The molecule has 0 unspecified atom stereocenters. The highest BCUT2D eigenvalue weighted by Gasteiger charge is 2.35. The van der Waals surface area contributed by atoms with Crippen LogP contribution in [0, 0.1) is 6.92 Å². The zero-order chi connectivity index (χ0) is 24.6. The van der Waals surface area contributed by atoms with Gasteiger partial charge in [0.15, 0.2) is 11.4 Å². The third kappa shape index (κ3) is 4.70. The molecule has 2 heterocycles. The van der Waals surface area contributed by atoms with E-state index in [2.05, 4.69) is 9.97 Å². The number of carboxylic acids is 2. The number of aromatic carboxylic acids is 2. The number of carbonyl (C=O) groups is 2. The van der Waals surface area contributed by atoms with Crippen LogP contribution in [0.3, 0.4) is 0 Å². The molecule has 0 saturated carbocycles. The number of alkyl halides is 3. The van der Waals surface area contributed by atoms with Crippen LogP contribution in [0.15, 0.2) is 48.5 Å². The molecule has 6 nitrogen and oxygen atoms in total. The maximum absolute atomic E-state index is 13.5. The van der Waals surface area contributed by atoms with Gasteiger partial charge in [0.1, 0.15) is 0 Å². The highest BCUT2D eigenvalue weighted by atomic mass is 32.1. The number of thiazole rings is 2. The van der Waals surface area contributed by atoms with Crippen molar-refractivity contribution in [3.8, 4) is 20.9 Å². The van der Waals surface area contributed by atoms with Crippen molar-refractivity contribution in [1.82, 2.24) is 9.97 Å². The number of nitrogens with zero attached hydrogens (tertiary/aromatic N) is 2. The molecule has 0 bridgehead atoms. The average molecular weight is 505 g/mol. The zero-order valence-electron chi connectivity index (χ0n) is 17.4. The van der Waals surface area contributed by atoms with E-state index in [4.69, 9.17) is 0 Å². The summed E-state index contributed by atoms with van der Waals surface area (Å²) in [5.74, 6) is -2.54. The third-order valence-electron chi connectivity index (χ3n) is 4.86. The van der Waals surface area contributed by atoms with Gasteiger partial charge in [-0.3, -0.25) is 0 Å². The molecule has 0 radical (unpaired) electrons. The first kappa shape index (κ1) is 23.6. The number of hydrogen-bond donors (Lipinski definition) is 2. The van der Waals surface area contributed by atoms with Crippen LogP contribution in [0.4, 0.5) is 13.2 Å². The summed E-state index contributed by atoms with van der Waals surface area (Å²) < 4.78 is 40.4. The highest BCUT2D eigenvalue weighted by Crippen LogP contribution is 2.41. The number of rotatable bonds is 6. The molecule has 4 rings (SSSR count). The van der Waals surface area contributed by atoms with Crippen LogP contribution in [0.2, 0.25) is 0 Å². The first-order chi connectivity index (χ1) is 16.0. The Kier molecular flexibility index (Phi) is 6.24. The van der Waals surface area contributed by atoms with E-state index in [0.717, 1.165) is 23.0 Å². The van der Waals surface area contributed by atoms with Crippen molar-refractivity contribution in [2.24, 2.45) is 0 Å². The van der Waals surface area contributed by atoms with E-state index >= 15 is 0 Å². The van der Waals surface area contributed by atoms with E-state index in [1.54, 1.807) is 31.2 Å². The van der Waals surface area contributed by atoms with Crippen LogP contribution in [0.25, 0.3) is 20.9 Å². The van der Waals surface area contributed by atoms with Gasteiger partial charge in [0, 0.05) is 12.0 Å². The van der Waals surface area contributed by atoms with Crippen molar-refractivity contribution in [2.45, 2.75) is 19.5 Å². The number of carboxylic acid groups (broad SMARTS) is 2. The van der Waals surface area contributed by atoms with Crippen LogP contribution in [0.1, 0.15) is 42.1 Å². The molecule has 174 valence electrons. The van der Waals surface area contributed by atoms with E-state index in [-0.39, 0.29) is 22.6 Å². The Labute approximate surface area is 199 Å². The van der Waals surface area contributed by atoms with Crippen LogP contribution in [0.5, 0.6) is 0 Å². The van der Waals surface area contributed by atoms with Crippen molar-refractivity contribution in [3.05, 3.63) is 81.1 Å². The minimum Gasteiger partial charge on any atom is -0.476 e. The van der Waals surface area contributed by atoms with Gasteiger partial charge in [0.2, 0.25) is 0 Å². The van der Waals surface area contributed by atoms with Crippen molar-refractivity contribution in [2.75, 3.05) is 0 Å². The van der Waals surface area contributed by atoms with Gasteiger partial charge in [0.05, 0.1) is 25.3 Å². The summed E-state index contributed by atoms with van der Waals surface area (Å²) in [6.45, 7) is 1.71. The van der Waals surface area contributed by atoms with Crippen LogP contribution in [-0.4, -0.2) is 32.1 Å². The second kappa shape index (κ2) is 8.99. The minimum atomic E-state index is -4.64. The predicted molar refractivity (Wildman–Crippen MR) is 122 cm³/mol. The van der Waals surface area contributed by atoms with Gasteiger partial charge in [-0.05, 0) is 24.1 Å². The Morgan fingerprint density at radius 1 is 0.882 bits per heavy atom. The molecular formula is C23H15F3N2O4S2. The quantitative estimate of drug-likeness (QED) is 0.322. The lowest BCUT2D eigenvalue weighted by Crippen LogP contribution is -2.08. The number of benzene rings is 2. The number of hydrogen-bond acceptors (Lipinski definition) is 6. The van der Waals surface area contributed by atoms with Crippen molar-refractivity contribution in [3.63, 3.8) is 0 Å². The van der Waals surface area contributed by atoms with E-state index < -0.39 is 29.4 Å². The fraction of sp³-hybridized carbons (Fsp3) is 0.130. The van der Waals surface area contributed by atoms with E-state index in [1.807, 2.05) is 0 Å². The summed E-state index contributed by atoms with van der Waals surface area (Å²) in [7, 11) is 0. The number of aromatic nitrogens is 2. The molecular weight excluding hydrogens is 489 g/mol. The molecule has 0 atom stereocenters. The molecule has 34 heavy (non-hydrogen) atoms. The molecule has 2 N–H and O–H groups in total. The molecule has 0 amide bonds. The van der Waals surface area contributed by atoms with E-state index in [1.165, 1.54) is 29.5 Å². The molecule has 0 aliphatic rings. The van der Waals surface area contributed by atoms with E-state index in [0.29, 0.717) is 20.5 Å². The number of halogens is 3. The lowest BCUT2D eigenvalue weighted by Gasteiger charge is -2.11. The highest BCUT2D eigenvalue weighted by molar-refractivity contribution is 7.15. The Balaban J connectivity index is 1.67. The first-order valence-corrected chi connectivity index (χ1v) is 11.4. The fourth-order valence-corrected chi connectivity index (χ4v) is 5.46. The van der Waals surface area contributed by atoms with Gasteiger partial charge >= 0.3 is 18.1 Å². The molecule has 0 fully saturated rings. The van der Waals surface area contributed by atoms with Crippen molar-refractivity contribution < 1.29 is 33.0 Å². The Morgan fingerprint density at radius 3 is 2.12 bits per heavy atom. The van der Waals surface area contributed by atoms with Gasteiger partial charge in [0.25, 0.3) is 0 Å². The van der Waals surface area contributed by atoms with Gasteiger partial charge < -0.3 is 10.2 Å². The smallest absolute Gasteiger partial charge is 0.417 e. The van der Waals surface area contributed by atoms with Crippen molar-refractivity contribution >= 4 is 34.6 Å². The lowest BCUT2D eigenvalue weighted by atomic mass is 10.0. The maximum atomic E-state index is 13.5. The summed E-state index contributed by atoms with van der Waals surface area (Å²) in [6, 6.07) is 11.7. The van der Waals surface area contributed by atoms with Gasteiger partial charge in [-0.1, -0.05) is 42.5 Å². The monoisotopic (exact) mass is 504 g/mol. The second-order valence-electron chi connectivity index (χ2n) is 7.22. The number of aryl methyl sites for hydroxylation is 1. The van der Waals surface area contributed by atoms with Crippen LogP contribution >= 0.6 is 22.7 Å². The van der Waals surface area contributed by atoms with Gasteiger partial charge in [-0.25, -0.2) is 19.6 Å². The summed E-state index contributed by atoms with van der Waals surface area (Å²) in [5.41, 5.74) is -0.215. The molecule has 4 aromatic rings. The second-order valence-corrected chi connectivity index (χ2v) is 9.51. The molecule has 0 aliphatic carbocycles. The average Bonchev–Trinajstić information content (AvgIpc) is 3.38. The van der Waals surface area contributed by atoms with E-state index in [9.17, 15) is 33.0 Å². The fourth-order valence-electron chi connectivity index (χ4n) is 3.41. The topological polar surface area (TPSA) is 100 Å². The predicted octanol–water partition coefficient (Wildman–Crippen LogP) is 6.25. The summed E-state index contributed by atoms with van der Waals surface area (Å²) in [5, 5.41) is 19.9.